The minimum Gasteiger partial charge on any atom is -0.350 e. The highest BCUT2D eigenvalue weighted by atomic mass is 19.1. The second-order valence-corrected chi connectivity index (χ2v) is 5.63. The van der Waals surface area contributed by atoms with Gasteiger partial charge in [-0.25, -0.2) is 8.78 Å². The molecule has 1 aliphatic rings. The number of nitrogens with zero attached hydrogens (tertiary/aromatic N) is 3. The maximum absolute atomic E-state index is 14.0. The van der Waals surface area contributed by atoms with E-state index in [1.807, 2.05) is 0 Å². The first-order valence-corrected chi connectivity index (χ1v) is 7.11. The maximum atomic E-state index is 14.0. The summed E-state index contributed by atoms with van der Waals surface area (Å²) in [5.41, 5.74) is -0.417. The number of rotatable bonds is 4. The number of hydrogen-bond acceptors (Lipinski definition) is 3. The Bertz CT molecular complexity index is 689. The van der Waals surface area contributed by atoms with Crippen LogP contribution in [0.1, 0.15) is 35.3 Å². The van der Waals surface area contributed by atoms with Gasteiger partial charge in [0.15, 0.2) is 5.69 Å². The molecule has 7 heteroatoms. The summed E-state index contributed by atoms with van der Waals surface area (Å²) in [6, 6.07) is 3.85. The second kappa shape index (κ2) is 5.47. The smallest absolute Gasteiger partial charge is 0.273 e. The Kier molecular flexibility index (Phi) is 3.64. The van der Waals surface area contributed by atoms with Gasteiger partial charge in [-0.3, -0.25) is 4.79 Å². The summed E-state index contributed by atoms with van der Waals surface area (Å²) >= 11 is 0. The van der Waals surface area contributed by atoms with Gasteiger partial charge in [0.05, 0.1) is 6.20 Å². The van der Waals surface area contributed by atoms with Gasteiger partial charge < -0.3 is 5.32 Å². The Morgan fingerprint density at radius 3 is 2.55 bits per heavy atom. The quantitative estimate of drug-likeness (QED) is 0.939. The fourth-order valence-electron chi connectivity index (χ4n) is 2.91. The lowest BCUT2D eigenvalue weighted by atomic mass is 9.64. The molecule has 22 heavy (non-hydrogen) atoms. The molecule has 1 aromatic heterocycles. The molecule has 0 unspecified atom stereocenters. The highest BCUT2D eigenvalue weighted by Gasteiger charge is 2.42. The van der Waals surface area contributed by atoms with Crippen molar-refractivity contribution in [1.29, 1.82) is 0 Å². The van der Waals surface area contributed by atoms with E-state index in [1.54, 1.807) is 7.05 Å². The van der Waals surface area contributed by atoms with Crippen molar-refractivity contribution in [2.24, 2.45) is 7.05 Å². The van der Waals surface area contributed by atoms with Gasteiger partial charge in [0.1, 0.15) is 11.6 Å². The predicted octanol–water partition coefficient (Wildman–Crippen LogP) is 1.94. The molecule has 0 saturated heterocycles. The lowest BCUT2D eigenvalue weighted by molar-refractivity contribution is 0.0919. The van der Waals surface area contributed by atoms with Gasteiger partial charge >= 0.3 is 0 Å². The van der Waals surface area contributed by atoms with E-state index < -0.39 is 23.0 Å². The van der Waals surface area contributed by atoms with Crippen LogP contribution in [-0.4, -0.2) is 27.4 Å². The summed E-state index contributed by atoms with van der Waals surface area (Å²) in [5.74, 6) is -1.52. The van der Waals surface area contributed by atoms with Crippen LogP contribution in [0.15, 0.2) is 24.4 Å². The summed E-state index contributed by atoms with van der Waals surface area (Å²) in [5, 5.41) is 10.5. The van der Waals surface area contributed by atoms with Gasteiger partial charge in [-0.05, 0) is 25.0 Å². The highest BCUT2D eigenvalue weighted by Crippen LogP contribution is 2.45. The van der Waals surface area contributed by atoms with Crippen LogP contribution in [0.25, 0.3) is 0 Å². The zero-order chi connectivity index (χ0) is 15.7. The lowest BCUT2D eigenvalue weighted by Gasteiger charge is -2.42. The van der Waals surface area contributed by atoms with Gasteiger partial charge in [-0.15, -0.1) is 5.10 Å². The van der Waals surface area contributed by atoms with Crippen LogP contribution < -0.4 is 5.32 Å². The van der Waals surface area contributed by atoms with E-state index in [1.165, 1.54) is 29.2 Å². The van der Waals surface area contributed by atoms with Gasteiger partial charge in [0, 0.05) is 24.6 Å². The average Bonchev–Trinajstić information content (AvgIpc) is 2.86. The molecule has 3 rings (SSSR count). The number of hydrogen-bond donors (Lipinski definition) is 1. The normalized spacial score (nSPS) is 16.1. The first kappa shape index (κ1) is 14.6. The molecule has 1 aliphatic carbocycles. The first-order valence-electron chi connectivity index (χ1n) is 7.11. The SMILES string of the molecule is Cn1ncc(C(=O)NCC2(c3c(F)cccc3F)CCC2)n1. The number of carbonyl (C=O) groups excluding carboxylic acids is 1. The molecule has 116 valence electrons. The lowest BCUT2D eigenvalue weighted by Crippen LogP contribution is -2.46. The number of carbonyl (C=O) groups is 1. The van der Waals surface area contributed by atoms with Crippen molar-refractivity contribution >= 4 is 5.91 Å². The molecule has 2 aromatic rings. The zero-order valence-electron chi connectivity index (χ0n) is 12.1. The van der Waals surface area contributed by atoms with E-state index in [2.05, 4.69) is 15.5 Å². The molecule has 5 nitrogen and oxygen atoms in total. The van der Waals surface area contributed by atoms with Crippen molar-refractivity contribution in [3.05, 3.63) is 47.3 Å². The number of amides is 1. The topological polar surface area (TPSA) is 59.8 Å². The van der Waals surface area contributed by atoms with Gasteiger partial charge in [0.25, 0.3) is 5.91 Å². The van der Waals surface area contributed by atoms with Crippen LogP contribution in [-0.2, 0) is 12.5 Å². The minimum absolute atomic E-state index is 0.0701. The van der Waals surface area contributed by atoms with E-state index in [0.717, 1.165) is 6.42 Å². The number of benzene rings is 1. The molecule has 0 aliphatic heterocycles. The Morgan fingerprint density at radius 1 is 1.36 bits per heavy atom. The summed E-state index contributed by atoms with van der Waals surface area (Å²) in [6.07, 6.45) is 3.53. The monoisotopic (exact) mass is 306 g/mol. The van der Waals surface area contributed by atoms with Crippen molar-refractivity contribution < 1.29 is 13.6 Å². The molecule has 1 fully saturated rings. The second-order valence-electron chi connectivity index (χ2n) is 5.63. The third kappa shape index (κ3) is 2.47. The molecule has 0 atom stereocenters. The van der Waals surface area contributed by atoms with Gasteiger partial charge in [-0.1, -0.05) is 12.5 Å². The number of nitrogens with one attached hydrogen (secondary N) is 1. The molecule has 0 bridgehead atoms. The summed E-state index contributed by atoms with van der Waals surface area (Å²) in [4.78, 5) is 13.3. The molecule has 1 aromatic carbocycles. The van der Waals surface area contributed by atoms with Gasteiger partial charge in [0.2, 0.25) is 0 Å². The Labute approximate surface area is 126 Å². The van der Waals surface area contributed by atoms with Crippen molar-refractivity contribution in [1.82, 2.24) is 20.3 Å². The molecular formula is C15H16F2N4O. The molecule has 1 heterocycles. The van der Waals surface area contributed by atoms with E-state index in [9.17, 15) is 13.6 Å². The van der Waals surface area contributed by atoms with Crippen LogP contribution >= 0.6 is 0 Å². The molecule has 1 saturated carbocycles. The highest BCUT2D eigenvalue weighted by molar-refractivity contribution is 5.91. The summed E-state index contributed by atoms with van der Waals surface area (Å²) in [6.45, 7) is 0.181. The molecule has 1 N–H and O–H groups in total. The van der Waals surface area contributed by atoms with Crippen molar-refractivity contribution in [2.45, 2.75) is 24.7 Å². The Morgan fingerprint density at radius 2 is 2.05 bits per heavy atom. The van der Waals surface area contributed by atoms with Crippen LogP contribution in [0.5, 0.6) is 0 Å². The van der Waals surface area contributed by atoms with E-state index in [4.69, 9.17) is 0 Å². The fourth-order valence-corrected chi connectivity index (χ4v) is 2.91. The van der Waals surface area contributed by atoms with E-state index in [-0.39, 0.29) is 17.8 Å². The third-order valence-corrected chi connectivity index (χ3v) is 4.22. The van der Waals surface area contributed by atoms with Crippen molar-refractivity contribution in [3.8, 4) is 0 Å². The van der Waals surface area contributed by atoms with Crippen LogP contribution in [0.4, 0.5) is 8.78 Å². The number of aromatic nitrogens is 3. The molecular weight excluding hydrogens is 290 g/mol. The predicted molar refractivity (Wildman–Crippen MR) is 75.2 cm³/mol. The number of aryl methyl sites for hydroxylation is 1. The minimum atomic E-state index is -0.673. The van der Waals surface area contributed by atoms with Crippen LogP contribution in [0.3, 0.4) is 0 Å². The fraction of sp³-hybridized carbons (Fsp3) is 0.400. The largest absolute Gasteiger partial charge is 0.350 e. The third-order valence-electron chi connectivity index (χ3n) is 4.22. The van der Waals surface area contributed by atoms with E-state index >= 15 is 0 Å². The number of halogens is 2. The summed E-state index contributed by atoms with van der Waals surface area (Å²) < 4.78 is 28.1. The standard InChI is InChI=1S/C15H16F2N4O/c1-21-19-8-12(20-21)14(22)18-9-15(6-3-7-15)13-10(16)4-2-5-11(13)17/h2,4-5,8H,3,6-7,9H2,1H3,(H,18,22). The molecule has 1 amide bonds. The van der Waals surface area contributed by atoms with Crippen molar-refractivity contribution in [3.63, 3.8) is 0 Å². The molecule has 0 spiro atoms. The van der Waals surface area contributed by atoms with Crippen LogP contribution in [0, 0.1) is 11.6 Å². The van der Waals surface area contributed by atoms with E-state index in [0.29, 0.717) is 12.8 Å². The average molecular weight is 306 g/mol. The Balaban J connectivity index is 1.79. The van der Waals surface area contributed by atoms with Gasteiger partial charge in [-0.2, -0.15) is 9.90 Å². The Hall–Kier alpha value is -2.31. The molecule has 0 radical (unpaired) electrons. The zero-order valence-corrected chi connectivity index (χ0v) is 12.1. The van der Waals surface area contributed by atoms with Crippen molar-refractivity contribution in [2.75, 3.05) is 6.54 Å². The maximum Gasteiger partial charge on any atom is 0.273 e. The summed E-state index contributed by atoms with van der Waals surface area (Å²) in [7, 11) is 1.61. The first-order chi connectivity index (χ1) is 10.5. The van der Waals surface area contributed by atoms with Crippen LogP contribution in [0.2, 0.25) is 0 Å².